The largest absolute Gasteiger partial charge is 0.494 e. The fourth-order valence-electron chi connectivity index (χ4n) is 3.57. The molecule has 3 aromatic rings. The van der Waals surface area contributed by atoms with E-state index in [1.807, 2.05) is 66.7 Å². The summed E-state index contributed by atoms with van der Waals surface area (Å²) in [5.41, 5.74) is 2.42. The maximum atomic E-state index is 13.5. The standard InChI is InChI=1S/C24H26N2O3S/c1-2-3-17-29-21-15-13-20(14-16-21)24-25-22-11-7-8-12-23(22)30(27,28)26(24)18-19-9-5-4-6-10-19/h4-16,24-25H,2-3,17-18H2,1H3. The Hall–Kier alpha value is -2.83. The number of unbranched alkanes of at least 4 members (excludes halogenated alkanes) is 1. The highest BCUT2D eigenvalue weighted by atomic mass is 32.2. The fourth-order valence-corrected chi connectivity index (χ4v) is 5.24. The Kier molecular flexibility index (Phi) is 6.06. The number of nitrogens with zero attached hydrogens (tertiary/aromatic N) is 1. The maximum absolute atomic E-state index is 13.5. The molecule has 0 aromatic heterocycles. The lowest BCUT2D eigenvalue weighted by molar-refractivity contribution is 0.308. The summed E-state index contributed by atoms with van der Waals surface area (Å²) in [5, 5.41) is 3.42. The number of nitrogens with one attached hydrogen (secondary N) is 1. The van der Waals surface area contributed by atoms with Crippen molar-refractivity contribution in [2.24, 2.45) is 0 Å². The normalized spacial score (nSPS) is 17.7. The monoisotopic (exact) mass is 422 g/mol. The van der Waals surface area contributed by atoms with Crippen LogP contribution in [0.3, 0.4) is 0 Å². The van der Waals surface area contributed by atoms with E-state index in [0.29, 0.717) is 17.2 Å². The van der Waals surface area contributed by atoms with Gasteiger partial charge in [0.15, 0.2) is 0 Å². The molecule has 1 aliphatic rings. The zero-order valence-electron chi connectivity index (χ0n) is 17.0. The second-order valence-electron chi connectivity index (χ2n) is 7.35. The van der Waals surface area contributed by atoms with Gasteiger partial charge in [-0.1, -0.05) is 67.9 Å². The van der Waals surface area contributed by atoms with E-state index in [9.17, 15) is 8.42 Å². The number of hydrogen-bond acceptors (Lipinski definition) is 4. The van der Waals surface area contributed by atoms with Gasteiger partial charge in [0, 0.05) is 6.54 Å². The lowest BCUT2D eigenvalue weighted by atomic mass is 10.1. The van der Waals surface area contributed by atoms with E-state index < -0.39 is 16.2 Å². The van der Waals surface area contributed by atoms with Gasteiger partial charge in [-0.05, 0) is 41.8 Å². The van der Waals surface area contributed by atoms with E-state index in [0.717, 1.165) is 29.7 Å². The molecule has 0 bridgehead atoms. The first kappa shape index (κ1) is 20.4. The number of fused-ring (bicyclic) bond motifs is 1. The van der Waals surface area contributed by atoms with Crippen LogP contribution in [0.2, 0.25) is 0 Å². The minimum absolute atomic E-state index is 0.282. The summed E-state index contributed by atoms with van der Waals surface area (Å²) in [4.78, 5) is 0.303. The maximum Gasteiger partial charge on any atom is 0.247 e. The number of sulfonamides is 1. The average molecular weight is 423 g/mol. The third-order valence-corrected chi connectivity index (χ3v) is 7.07. The average Bonchev–Trinajstić information content (AvgIpc) is 2.77. The van der Waals surface area contributed by atoms with Gasteiger partial charge in [0.25, 0.3) is 0 Å². The van der Waals surface area contributed by atoms with Crippen LogP contribution in [0, 0.1) is 0 Å². The second kappa shape index (κ2) is 8.90. The van der Waals surface area contributed by atoms with Crippen molar-refractivity contribution in [2.45, 2.75) is 37.4 Å². The smallest absolute Gasteiger partial charge is 0.247 e. The van der Waals surface area contributed by atoms with Crippen LogP contribution in [0.1, 0.15) is 37.1 Å². The highest BCUT2D eigenvalue weighted by molar-refractivity contribution is 7.89. The Morgan fingerprint density at radius 2 is 1.63 bits per heavy atom. The first-order valence-corrected chi connectivity index (χ1v) is 11.7. The van der Waals surface area contributed by atoms with Crippen molar-refractivity contribution in [3.05, 3.63) is 90.0 Å². The number of para-hydroxylation sites is 1. The van der Waals surface area contributed by atoms with Crippen molar-refractivity contribution < 1.29 is 13.2 Å². The van der Waals surface area contributed by atoms with Crippen LogP contribution in [0.5, 0.6) is 5.75 Å². The summed E-state index contributed by atoms with van der Waals surface area (Å²) in [6.45, 7) is 3.09. The molecule has 6 heteroatoms. The predicted octanol–water partition coefficient (Wildman–Crippen LogP) is 5.18. The third kappa shape index (κ3) is 4.20. The van der Waals surface area contributed by atoms with Crippen molar-refractivity contribution in [1.82, 2.24) is 4.31 Å². The van der Waals surface area contributed by atoms with Crippen molar-refractivity contribution >= 4 is 15.7 Å². The Morgan fingerprint density at radius 3 is 2.37 bits per heavy atom. The summed E-state index contributed by atoms with van der Waals surface area (Å²) >= 11 is 0. The number of rotatable bonds is 7. The molecular formula is C24H26N2O3S. The lowest BCUT2D eigenvalue weighted by Crippen LogP contribution is -2.42. The molecule has 0 amide bonds. The van der Waals surface area contributed by atoms with Gasteiger partial charge in [-0.3, -0.25) is 0 Å². The van der Waals surface area contributed by atoms with Gasteiger partial charge in [0.1, 0.15) is 16.8 Å². The molecule has 1 heterocycles. The van der Waals surface area contributed by atoms with Crippen LogP contribution in [-0.2, 0) is 16.6 Å². The van der Waals surface area contributed by atoms with E-state index in [-0.39, 0.29) is 6.54 Å². The molecular weight excluding hydrogens is 396 g/mol. The third-order valence-electron chi connectivity index (χ3n) is 5.20. The molecule has 30 heavy (non-hydrogen) atoms. The zero-order valence-corrected chi connectivity index (χ0v) is 17.8. The Bertz CT molecular complexity index is 1080. The van der Waals surface area contributed by atoms with E-state index >= 15 is 0 Å². The molecule has 1 N–H and O–H groups in total. The molecule has 3 aromatic carbocycles. The molecule has 0 aliphatic carbocycles. The molecule has 0 saturated heterocycles. The van der Waals surface area contributed by atoms with Crippen LogP contribution in [0.15, 0.2) is 83.8 Å². The fraction of sp³-hybridized carbons (Fsp3) is 0.250. The highest BCUT2D eigenvalue weighted by Gasteiger charge is 2.38. The van der Waals surface area contributed by atoms with E-state index in [4.69, 9.17) is 4.74 Å². The Balaban J connectivity index is 1.69. The molecule has 1 unspecified atom stereocenters. The molecule has 0 fully saturated rings. The van der Waals surface area contributed by atoms with Crippen LogP contribution in [0.25, 0.3) is 0 Å². The molecule has 1 atom stereocenters. The first-order valence-electron chi connectivity index (χ1n) is 10.2. The zero-order chi connectivity index (χ0) is 21.0. The van der Waals surface area contributed by atoms with Gasteiger partial charge < -0.3 is 10.1 Å². The highest BCUT2D eigenvalue weighted by Crippen LogP contribution is 2.39. The van der Waals surface area contributed by atoms with Crippen molar-refractivity contribution in [3.63, 3.8) is 0 Å². The number of benzene rings is 3. The van der Waals surface area contributed by atoms with Crippen LogP contribution < -0.4 is 10.1 Å². The van der Waals surface area contributed by atoms with E-state index in [1.54, 1.807) is 12.1 Å². The number of ether oxygens (including phenoxy) is 1. The summed E-state index contributed by atoms with van der Waals surface area (Å²) in [5.74, 6) is 0.792. The SMILES string of the molecule is CCCCOc1ccc(C2Nc3ccccc3S(=O)(=O)N2Cc2ccccc2)cc1. The van der Waals surface area contributed by atoms with Crippen LogP contribution >= 0.6 is 0 Å². The van der Waals surface area contributed by atoms with Gasteiger partial charge in [-0.25, -0.2) is 8.42 Å². The summed E-state index contributed by atoms with van der Waals surface area (Å²) in [7, 11) is -3.67. The number of hydrogen-bond donors (Lipinski definition) is 1. The molecule has 0 radical (unpaired) electrons. The quantitative estimate of drug-likeness (QED) is 0.533. The first-order chi connectivity index (χ1) is 14.6. The van der Waals surface area contributed by atoms with Crippen LogP contribution in [0.4, 0.5) is 5.69 Å². The summed E-state index contributed by atoms with van der Waals surface area (Å²) in [6, 6.07) is 24.4. The number of anilines is 1. The molecule has 0 spiro atoms. The predicted molar refractivity (Wildman–Crippen MR) is 119 cm³/mol. The van der Waals surface area contributed by atoms with Gasteiger partial charge in [-0.2, -0.15) is 4.31 Å². The van der Waals surface area contributed by atoms with Gasteiger partial charge in [0.2, 0.25) is 10.0 Å². The lowest BCUT2D eigenvalue weighted by Gasteiger charge is -2.37. The molecule has 1 aliphatic heterocycles. The van der Waals surface area contributed by atoms with Crippen molar-refractivity contribution in [1.29, 1.82) is 0 Å². The van der Waals surface area contributed by atoms with Crippen molar-refractivity contribution in [2.75, 3.05) is 11.9 Å². The molecule has 156 valence electrons. The second-order valence-corrected chi connectivity index (χ2v) is 9.21. The Morgan fingerprint density at radius 1 is 0.933 bits per heavy atom. The van der Waals surface area contributed by atoms with Crippen molar-refractivity contribution in [3.8, 4) is 5.75 Å². The minimum atomic E-state index is -3.67. The van der Waals surface area contributed by atoms with Gasteiger partial charge in [0.05, 0.1) is 12.3 Å². The minimum Gasteiger partial charge on any atom is -0.494 e. The van der Waals surface area contributed by atoms with E-state index in [2.05, 4.69) is 12.2 Å². The van der Waals surface area contributed by atoms with E-state index in [1.165, 1.54) is 4.31 Å². The van der Waals surface area contributed by atoms with Gasteiger partial charge >= 0.3 is 0 Å². The molecule has 4 rings (SSSR count). The summed E-state index contributed by atoms with van der Waals surface area (Å²) in [6.07, 6.45) is 1.58. The van der Waals surface area contributed by atoms with Gasteiger partial charge in [-0.15, -0.1) is 0 Å². The molecule has 0 saturated carbocycles. The topological polar surface area (TPSA) is 58.6 Å². The summed E-state index contributed by atoms with van der Waals surface area (Å²) < 4.78 is 34.3. The molecule has 5 nitrogen and oxygen atoms in total. The van der Waals surface area contributed by atoms with Crippen LogP contribution in [-0.4, -0.2) is 19.3 Å². The Labute approximate surface area is 178 Å².